The topological polar surface area (TPSA) is 65.6 Å². The minimum atomic E-state index is -0.286. The van der Waals surface area contributed by atoms with Gasteiger partial charge in [0.15, 0.2) is 5.78 Å². The summed E-state index contributed by atoms with van der Waals surface area (Å²) in [5, 5.41) is 12.2. The van der Waals surface area contributed by atoms with Gasteiger partial charge in [-0.05, 0) is 55.8 Å². The molecule has 0 spiro atoms. The molecule has 26 heavy (non-hydrogen) atoms. The summed E-state index contributed by atoms with van der Waals surface area (Å²) in [4.78, 5) is 13.9. The maximum Gasteiger partial charge on any atom is 0.204 e. The molecular weight excluding hydrogens is 333 g/mol. The monoisotopic (exact) mass is 353 g/mol. The highest BCUT2D eigenvalue weighted by molar-refractivity contribution is 5.97. The Morgan fingerprint density at radius 1 is 1.27 bits per heavy atom. The standard InChI is InChI=1S/C19H20FN5O/c1-5-8-24-13(3)10-16(14(24)4)18(26)11-25-22-19(21-23-25)15-6-7-17(20)12(2)9-15/h5-7,9-10H,1,8,11H2,2-4H3. The predicted octanol–water partition coefficient (Wildman–Crippen LogP) is 3.27. The van der Waals surface area contributed by atoms with Crippen molar-refractivity contribution in [3.63, 3.8) is 0 Å². The molecule has 0 N–H and O–H groups in total. The average Bonchev–Trinajstić information content (AvgIpc) is 3.17. The number of carbonyl (C=O) groups is 1. The number of carbonyl (C=O) groups excluding carboxylic acids is 1. The lowest BCUT2D eigenvalue weighted by Gasteiger charge is -2.06. The minimum absolute atomic E-state index is 0.00837. The normalized spacial score (nSPS) is 10.9. The Bertz CT molecular complexity index is 986. The van der Waals surface area contributed by atoms with Gasteiger partial charge in [-0.2, -0.15) is 4.80 Å². The van der Waals surface area contributed by atoms with Crippen LogP contribution in [0.1, 0.15) is 27.3 Å². The second-order valence-electron chi connectivity index (χ2n) is 6.21. The van der Waals surface area contributed by atoms with Crippen molar-refractivity contribution in [2.24, 2.45) is 0 Å². The molecule has 6 nitrogen and oxygen atoms in total. The molecule has 0 aliphatic carbocycles. The van der Waals surface area contributed by atoms with E-state index in [1.807, 2.05) is 24.5 Å². The van der Waals surface area contributed by atoms with Crippen molar-refractivity contribution in [2.75, 3.05) is 0 Å². The zero-order chi connectivity index (χ0) is 18.8. The number of ketones is 1. The molecule has 0 saturated carbocycles. The Balaban J connectivity index is 1.81. The molecule has 0 bridgehead atoms. The number of hydrogen-bond donors (Lipinski definition) is 0. The van der Waals surface area contributed by atoms with Gasteiger partial charge in [-0.3, -0.25) is 4.79 Å². The van der Waals surface area contributed by atoms with Crippen LogP contribution in [0.4, 0.5) is 4.39 Å². The van der Waals surface area contributed by atoms with Gasteiger partial charge in [-0.15, -0.1) is 16.8 Å². The lowest BCUT2D eigenvalue weighted by molar-refractivity contribution is 0.0960. The van der Waals surface area contributed by atoms with E-state index < -0.39 is 0 Å². The number of aromatic nitrogens is 5. The van der Waals surface area contributed by atoms with E-state index in [1.165, 1.54) is 10.9 Å². The van der Waals surface area contributed by atoms with Crippen molar-refractivity contribution < 1.29 is 9.18 Å². The largest absolute Gasteiger partial charge is 0.345 e. The summed E-state index contributed by atoms with van der Waals surface area (Å²) in [6.07, 6.45) is 1.80. The highest BCUT2D eigenvalue weighted by Crippen LogP contribution is 2.19. The van der Waals surface area contributed by atoms with Gasteiger partial charge in [0.25, 0.3) is 0 Å². The van der Waals surface area contributed by atoms with E-state index in [0.717, 1.165) is 11.4 Å². The molecule has 0 atom stereocenters. The molecule has 0 aliphatic heterocycles. The van der Waals surface area contributed by atoms with Gasteiger partial charge in [-0.25, -0.2) is 4.39 Å². The highest BCUT2D eigenvalue weighted by Gasteiger charge is 2.17. The van der Waals surface area contributed by atoms with Crippen LogP contribution in [0.15, 0.2) is 36.9 Å². The van der Waals surface area contributed by atoms with Crippen LogP contribution >= 0.6 is 0 Å². The van der Waals surface area contributed by atoms with Gasteiger partial charge >= 0.3 is 0 Å². The Morgan fingerprint density at radius 3 is 2.73 bits per heavy atom. The summed E-state index contributed by atoms with van der Waals surface area (Å²) < 4.78 is 15.4. The molecule has 0 unspecified atom stereocenters. The molecule has 2 heterocycles. The quantitative estimate of drug-likeness (QED) is 0.504. The van der Waals surface area contributed by atoms with Crippen molar-refractivity contribution in [2.45, 2.75) is 33.9 Å². The maximum atomic E-state index is 13.4. The van der Waals surface area contributed by atoms with E-state index in [2.05, 4.69) is 22.0 Å². The third-order valence-electron chi connectivity index (χ3n) is 4.34. The van der Waals surface area contributed by atoms with E-state index in [1.54, 1.807) is 25.1 Å². The van der Waals surface area contributed by atoms with Crippen molar-refractivity contribution in [3.05, 3.63) is 65.3 Å². The van der Waals surface area contributed by atoms with Crippen LogP contribution in [0.25, 0.3) is 11.4 Å². The zero-order valence-corrected chi connectivity index (χ0v) is 15.0. The van der Waals surface area contributed by atoms with Crippen LogP contribution in [0.5, 0.6) is 0 Å². The molecule has 0 aliphatic rings. The molecule has 7 heteroatoms. The summed E-state index contributed by atoms with van der Waals surface area (Å²) in [5.41, 5.74) is 3.69. The van der Waals surface area contributed by atoms with E-state index in [9.17, 15) is 9.18 Å². The number of benzene rings is 1. The van der Waals surface area contributed by atoms with Gasteiger partial charge in [0.05, 0.1) is 0 Å². The van der Waals surface area contributed by atoms with Gasteiger partial charge in [0, 0.05) is 29.1 Å². The molecule has 0 radical (unpaired) electrons. The molecule has 3 rings (SSSR count). The van der Waals surface area contributed by atoms with Gasteiger partial charge in [0.1, 0.15) is 12.4 Å². The summed E-state index contributed by atoms with van der Waals surface area (Å²) >= 11 is 0. The van der Waals surface area contributed by atoms with Crippen molar-refractivity contribution in [1.82, 2.24) is 24.8 Å². The second kappa shape index (κ2) is 7.03. The molecule has 134 valence electrons. The first kappa shape index (κ1) is 17.7. The smallest absolute Gasteiger partial charge is 0.204 e. The molecule has 1 aromatic carbocycles. The van der Waals surface area contributed by atoms with Crippen LogP contribution in [0.3, 0.4) is 0 Å². The Hall–Kier alpha value is -3.09. The number of allylic oxidation sites excluding steroid dienone is 1. The predicted molar refractivity (Wildman–Crippen MR) is 96.4 cm³/mol. The first-order valence-corrected chi connectivity index (χ1v) is 8.26. The fourth-order valence-corrected chi connectivity index (χ4v) is 2.92. The number of rotatable bonds is 6. The van der Waals surface area contributed by atoms with E-state index in [-0.39, 0.29) is 18.1 Å². The van der Waals surface area contributed by atoms with Crippen molar-refractivity contribution in [3.8, 4) is 11.4 Å². The van der Waals surface area contributed by atoms with Crippen LogP contribution < -0.4 is 0 Å². The van der Waals surface area contributed by atoms with Crippen molar-refractivity contribution in [1.29, 1.82) is 0 Å². The third-order valence-corrected chi connectivity index (χ3v) is 4.34. The highest BCUT2D eigenvalue weighted by atomic mass is 19.1. The summed E-state index contributed by atoms with van der Waals surface area (Å²) in [7, 11) is 0. The zero-order valence-electron chi connectivity index (χ0n) is 15.0. The van der Waals surface area contributed by atoms with Gasteiger partial charge in [-0.1, -0.05) is 6.08 Å². The van der Waals surface area contributed by atoms with Crippen molar-refractivity contribution >= 4 is 5.78 Å². The molecule has 3 aromatic rings. The number of halogens is 1. The third kappa shape index (κ3) is 3.33. The number of nitrogens with zero attached hydrogens (tertiary/aromatic N) is 5. The number of tetrazole rings is 1. The van der Waals surface area contributed by atoms with E-state index >= 15 is 0 Å². The number of aryl methyl sites for hydroxylation is 2. The second-order valence-corrected chi connectivity index (χ2v) is 6.21. The number of Topliss-reactive ketones (excluding diaryl/α,β-unsaturated/α-hetero) is 1. The number of hydrogen-bond acceptors (Lipinski definition) is 4. The van der Waals surface area contributed by atoms with E-state index in [0.29, 0.717) is 29.1 Å². The minimum Gasteiger partial charge on any atom is -0.345 e. The Kier molecular flexibility index (Phi) is 4.79. The Morgan fingerprint density at radius 2 is 2.04 bits per heavy atom. The molecule has 0 fully saturated rings. The fourth-order valence-electron chi connectivity index (χ4n) is 2.92. The lowest BCUT2D eigenvalue weighted by atomic mass is 10.1. The average molecular weight is 353 g/mol. The maximum absolute atomic E-state index is 13.4. The summed E-state index contributed by atoms with van der Waals surface area (Å²) in [5.74, 6) is -0.0168. The van der Waals surface area contributed by atoms with E-state index in [4.69, 9.17) is 0 Å². The van der Waals surface area contributed by atoms with Crippen LogP contribution in [0.2, 0.25) is 0 Å². The van der Waals surface area contributed by atoms with Gasteiger partial charge in [0.2, 0.25) is 5.82 Å². The Labute approximate surface area is 151 Å². The van der Waals surface area contributed by atoms with Crippen LogP contribution in [-0.2, 0) is 13.1 Å². The van der Waals surface area contributed by atoms with Crippen LogP contribution in [-0.4, -0.2) is 30.6 Å². The first-order valence-electron chi connectivity index (χ1n) is 8.26. The summed E-state index contributed by atoms with van der Waals surface area (Å²) in [6.45, 7) is 9.92. The molecule has 0 saturated heterocycles. The molecule has 2 aromatic heterocycles. The van der Waals surface area contributed by atoms with Gasteiger partial charge < -0.3 is 4.57 Å². The SMILES string of the molecule is C=CCn1c(C)cc(C(=O)Cn2nnc(-c3ccc(F)c(C)c3)n2)c1C. The lowest BCUT2D eigenvalue weighted by Crippen LogP contribution is -2.14. The fraction of sp³-hybridized carbons (Fsp3) is 0.263. The summed E-state index contributed by atoms with van der Waals surface area (Å²) in [6, 6.07) is 6.48. The molecular formula is C19H20FN5O. The van der Waals surface area contributed by atoms with Crippen LogP contribution in [0, 0.1) is 26.6 Å². The molecule has 0 amide bonds. The first-order chi connectivity index (χ1) is 12.4.